The number of nitrogens with zero attached hydrogens (tertiary/aromatic N) is 3. The predicted molar refractivity (Wildman–Crippen MR) is 66.6 cm³/mol. The van der Waals surface area contributed by atoms with Crippen molar-refractivity contribution < 1.29 is 22.7 Å². The van der Waals surface area contributed by atoms with E-state index in [-0.39, 0.29) is 5.56 Å². The van der Waals surface area contributed by atoms with Crippen LogP contribution >= 0.6 is 11.6 Å². The maximum Gasteiger partial charge on any atom is 0.437 e. The Balaban J connectivity index is 2.63. The maximum absolute atomic E-state index is 12.9. The summed E-state index contributed by atoms with van der Waals surface area (Å²) in [6, 6.07) is 5.47. The molecular weight excluding hydrogens is 311 g/mol. The first-order chi connectivity index (χ1) is 9.82. The lowest BCUT2D eigenvalue weighted by molar-refractivity contribution is -0.141. The molecule has 0 N–H and O–H groups in total. The van der Waals surface area contributed by atoms with Gasteiger partial charge in [-0.1, -0.05) is 23.7 Å². The number of esters is 1. The van der Waals surface area contributed by atoms with Crippen LogP contribution in [-0.2, 0) is 10.9 Å². The van der Waals surface area contributed by atoms with Crippen molar-refractivity contribution in [2.45, 2.75) is 6.18 Å². The van der Waals surface area contributed by atoms with Crippen LogP contribution in [0.15, 0.2) is 24.3 Å². The van der Waals surface area contributed by atoms with Gasteiger partial charge in [0.1, 0.15) is 5.69 Å². The Morgan fingerprint density at radius 1 is 1.19 bits per heavy atom. The van der Waals surface area contributed by atoms with Crippen LogP contribution in [0.1, 0.15) is 16.3 Å². The van der Waals surface area contributed by atoms with Gasteiger partial charge in [0.15, 0.2) is 5.69 Å². The molecule has 0 unspecified atom stereocenters. The SMILES string of the molecule is COC(=O)c1nnc(C(F)(F)F)c(-c2ccc(Cl)cc2)n1. The number of aromatic nitrogens is 3. The van der Waals surface area contributed by atoms with Gasteiger partial charge in [0.05, 0.1) is 7.11 Å². The molecule has 0 aliphatic rings. The van der Waals surface area contributed by atoms with Crippen LogP contribution in [0.25, 0.3) is 11.3 Å². The van der Waals surface area contributed by atoms with E-state index in [4.69, 9.17) is 11.6 Å². The van der Waals surface area contributed by atoms with Crippen LogP contribution in [0.2, 0.25) is 5.02 Å². The van der Waals surface area contributed by atoms with E-state index in [9.17, 15) is 18.0 Å². The van der Waals surface area contributed by atoms with Crippen molar-refractivity contribution >= 4 is 17.6 Å². The van der Waals surface area contributed by atoms with E-state index in [1.54, 1.807) is 0 Å². The highest BCUT2D eigenvalue weighted by Crippen LogP contribution is 2.34. The second-order valence-electron chi connectivity index (χ2n) is 3.83. The summed E-state index contributed by atoms with van der Waals surface area (Å²) in [4.78, 5) is 14.9. The Morgan fingerprint density at radius 3 is 2.33 bits per heavy atom. The smallest absolute Gasteiger partial charge is 0.437 e. The van der Waals surface area contributed by atoms with Crippen molar-refractivity contribution in [1.82, 2.24) is 15.2 Å². The summed E-state index contributed by atoms with van der Waals surface area (Å²) in [5.74, 6) is -1.54. The topological polar surface area (TPSA) is 65.0 Å². The second-order valence-corrected chi connectivity index (χ2v) is 4.27. The second kappa shape index (κ2) is 5.65. The minimum Gasteiger partial charge on any atom is -0.463 e. The molecule has 0 fully saturated rings. The zero-order valence-electron chi connectivity index (χ0n) is 10.5. The lowest BCUT2D eigenvalue weighted by Crippen LogP contribution is -2.17. The fourth-order valence-electron chi connectivity index (χ4n) is 1.50. The molecule has 2 rings (SSSR count). The Labute approximate surface area is 121 Å². The molecule has 5 nitrogen and oxygen atoms in total. The summed E-state index contributed by atoms with van der Waals surface area (Å²) in [7, 11) is 1.06. The first-order valence-electron chi connectivity index (χ1n) is 5.49. The highest BCUT2D eigenvalue weighted by Gasteiger charge is 2.38. The highest BCUT2D eigenvalue weighted by atomic mass is 35.5. The molecule has 0 radical (unpaired) electrons. The van der Waals surface area contributed by atoms with E-state index < -0.39 is 29.4 Å². The summed E-state index contributed by atoms with van der Waals surface area (Å²) >= 11 is 5.69. The first kappa shape index (κ1) is 15.2. The van der Waals surface area contributed by atoms with Gasteiger partial charge in [-0.3, -0.25) is 0 Å². The molecule has 1 heterocycles. The molecule has 0 saturated carbocycles. The zero-order valence-corrected chi connectivity index (χ0v) is 11.2. The average molecular weight is 318 g/mol. The number of methoxy groups -OCH3 is 1. The number of rotatable bonds is 2. The number of hydrogen-bond donors (Lipinski definition) is 0. The van der Waals surface area contributed by atoms with E-state index in [1.165, 1.54) is 24.3 Å². The minimum atomic E-state index is -4.76. The third-order valence-corrected chi connectivity index (χ3v) is 2.69. The molecule has 110 valence electrons. The molecule has 1 aromatic heterocycles. The molecule has 0 spiro atoms. The van der Waals surface area contributed by atoms with Crippen LogP contribution in [0.4, 0.5) is 13.2 Å². The Hall–Kier alpha value is -2.22. The number of carbonyl (C=O) groups excluding carboxylic acids is 1. The summed E-state index contributed by atoms with van der Waals surface area (Å²) in [5.41, 5.74) is -1.71. The first-order valence-corrected chi connectivity index (χ1v) is 5.87. The molecule has 0 aliphatic carbocycles. The van der Waals surface area contributed by atoms with Gasteiger partial charge in [-0.15, -0.1) is 10.2 Å². The van der Waals surface area contributed by atoms with Crippen LogP contribution in [0.3, 0.4) is 0 Å². The van der Waals surface area contributed by atoms with E-state index >= 15 is 0 Å². The molecule has 9 heteroatoms. The van der Waals surface area contributed by atoms with E-state index in [0.29, 0.717) is 5.02 Å². The number of benzene rings is 1. The van der Waals surface area contributed by atoms with Crippen LogP contribution < -0.4 is 0 Å². The standard InChI is InChI=1S/C12H7ClF3N3O2/c1-21-11(20)10-17-8(6-2-4-7(13)5-3-6)9(18-19-10)12(14,15)16/h2-5H,1H3. The number of ether oxygens (including phenoxy) is 1. The van der Waals surface area contributed by atoms with Crippen molar-refractivity contribution in [2.24, 2.45) is 0 Å². The van der Waals surface area contributed by atoms with Gasteiger partial charge in [0, 0.05) is 10.6 Å². The van der Waals surface area contributed by atoms with Crippen molar-refractivity contribution in [3.05, 3.63) is 40.8 Å². The van der Waals surface area contributed by atoms with Gasteiger partial charge < -0.3 is 4.74 Å². The number of hydrogen-bond acceptors (Lipinski definition) is 5. The molecule has 0 amide bonds. The predicted octanol–water partition coefficient (Wildman–Crippen LogP) is 3.00. The summed E-state index contributed by atoms with van der Waals surface area (Å²) in [6.45, 7) is 0. The summed E-state index contributed by atoms with van der Waals surface area (Å²) in [5, 5.41) is 6.53. The van der Waals surface area contributed by atoms with Gasteiger partial charge >= 0.3 is 12.1 Å². The number of alkyl halides is 3. The molecule has 0 atom stereocenters. The molecule has 0 saturated heterocycles. The molecule has 2 aromatic rings. The minimum absolute atomic E-state index is 0.103. The molecule has 0 aliphatic heterocycles. The Kier molecular flexibility index (Phi) is 4.08. The molecule has 1 aromatic carbocycles. The quantitative estimate of drug-likeness (QED) is 0.797. The van der Waals surface area contributed by atoms with Gasteiger partial charge in [-0.25, -0.2) is 9.78 Å². The van der Waals surface area contributed by atoms with Crippen molar-refractivity contribution in [2.75, 3.05) is 7.11 Å². The lowest BCUT2D eigenvalue weighted by atomic mass is 10.1. The van der Waals surface area contributed by atoms with Crippen molar-refractivity contribution in [3.63, 3.8) is 0 Å². The monoisotopic (exact) mass is 317 g/mol. The zero-order chi connectivity index (χ0) is 15.6. The fourth-order valence-corrected chi connectivity index (χ4v) is 1.63. The Bertz CT molecular complexity index is 674. The van der Waals surface area contributed by atoms with E-state index in [0.717, 1.165) is 7.11 Å². The third-order valence-electron chi connectivity index (χ3n) is 2.44. The molecule has 21 heavy (non-hydrogen) atoms. The van der Waals surface area contributed by atoms with Crippen LogP contribution in [0.5, 0.6) is 0 Å². The van der Waals surface area contributed by atoms with Gasteiger partial charge in [-0.05, 0) is 12.1 Å². The summed E-state index contributed by atoms with van der Waals surface area (Å²) < 4.78 is 43.2. The lowest BCUT2D eigenvalue weighted by Gasteiger charge is -2.11. The fraction of sp³-hybridized carbons (Fsp3) is 0.167. The van der Waals surface area contributed by atoms with Gasteiger partial charge in [0.25, 0.3) is 5.82 Å². The van der Waals surface area contributed by atoms with Crippen LogP contribution in [0, 0.1) is 0 Å². The largest absolute Gasteiger partial charge is 0.463 e. The van der Waals surface area contributed by atoms with Crippen molar-refractivity contribution in [1.29, 1.82) is 0 Å². The average Bonchev–Trinajstić information content (AvgIpc) is 2.45. The molecule has 0 bridgehead atoms. The van der Waals surface area contributed by atoms with Gasteiger partial charge in [0.2, 0.25) is 0 Å². The third kappa shape index (κ3) is 3.27. The summed E-state index contributed by atoms with van der Waals surface area (Å²) in [6.07, 6.45) is -4.76. The van der Waals surface area contributed by atoms with E-state index in [2.05, 4.69) is 19.9 Å². The molecular formula is C12H7ClF3N3O2. The van der Waals surface area contributed by atoms with Gasteiger partial charge in [-0.2, -0.15) is 13.2 Å². The van der Waals surface area contributed by atoms with Crippen LogP contribution in [-0.4, -0.2) is 28.3 Å². The number of halogens is 4. The van der Waals surface area contributed by atoms with E-state index in [1.807, 2.05) is 0 Å². The van der Waals surface area contributed by atoms with Crippen molar-refractivity contribution in [3.8, 4) is 11.3 Å². The number of carbonyl (C=O) groups is 1. The normalized spacial score (nSPS) is 11.3. The highest BCUT2D eigenvalue weighted by molar-refractivity contribution is 6.30. The Morgan fingerprint density at radius 2 is 1.81 bits per heavy atom. The maximum atomic E-state index is 12.9.